The first-order valence-electron chi connectivity index (χ1n) is 6.16. The number of aryl methyl sites for hydroxylation is 1. The van der Waals surface area contributed by atoms with Crippen LogP contribution in [0.15, 0.2) is 42.6 Å². The molecule has 2 rings (SSSR count). The van der Waals surface area contributed by atoms with E-state index in [0.717, 1.165) is 5.69 Å². The Morgan fingerprint density at radius 2 is 2.11 bits per heavy atom. The molecule has 1 amide bonds. The molecule has 0 aliphatic carbocycles. The number of carbonyl (C=O) groups is 1. The monoisotopic (exact) mass is 256 g/mol. The van der Waals surface area contributed by atoms with Crippen molar-refractivity contribution in [1.29, 1.82) is 0 Å². The van der Waals surface area contributed by atoms with Crippen LogP contribution in [0.25, 0.3) is 0 Å². The fraction of sp³-hybridized carbons (Fsp3) is 0.200. The maximum atomic E-state index is 12.1. The van der Waals surface area contributed by atoms with Gasteiger partial charge in [-0.1, -0.05) is 12.1 Å². The number of ether oxygens (including phenoxy) is 1. The van der Waals surface area contributed by atoms with E-state index in [4.69, 9.17) is 4.74 Å². The largest absolute Gasteiger partial charge is 0.492 e. The van der Waals surface area contributed by atoms with Crippen LogP contribution in [0.3, 0.4) is 0 Å². The van der Waals surface area contributed by atoms with Crippen LogP contribution in [-0.2, 0) is 0 Å². The summed E-state index contributed by atoms with van der Waals surface area (Å²) >= 11 is 0. The van der Waals surface area contributed by atoms with Crippen molar-refractivity contribution < 1.29 is 9.53 Å². The van der Waals surface area contributed by atoms with E-state index in [-0.39, 0.29) is 5.91 Å². The first-order chi connectivity index (χ1) is 9.20. The summed E-state index contributed by atoms with van der Waals surface area (Å²) in [5.41, 5.74) is 2.06. The first kappa shape index (κ1) is 13.1. The zero-order valence-electron chi connectivity index (χ0n) is 11.0. The molecule has 0 unspecified atom stereocenters. The number of rotatable bonds is 4. The first-order valence-corrected chi connectivity index (χ1v) is 6.16. The summed E-state index contributed by atoms with van der Waals surface area (Å²) < 4.78 is 5.47. The Bertz CT molecular complexity index is 582. The summed E-state index contributed by atoms with van der Waals surface area (Å²) in [6.45, 7) is 4.32. The van der Waals surface area contributed by atoms with E-state index in [2.05, 4.69) is 10.3 Å². The minimum Gasteiger partial charge on any atom is -0.492 e. The average Bonchev–Trinajstić information content (AvgIpc) is 2.41. The standard InChI is InChI=1S/C15H16N2O2/c1-3-19-14-7-5-4-6-13(14)17-15(18)12-8-9-16-11(2)10-12/h4-10H,3H2,1-2H3,(H,17,18). The second-order valence-electron chi connectivity index (χ2n) is 4.07. The highest BCUT2D eigenvalue weighted by molar-refractivity contribution is 6.05. The van der Waals surface area contributed by atoms with Crippen molar-refractivity contribution >= 4 is 11.6 Å². The van der Waals surface area contributed by atoms with E-state index in [1.807, 2.05) is 38.1 Å². The Balaban J connectivity index is 2.19. The summed E-state index contributed by atoms with van der Waals surface area (Å²) in [7, 11) is 0. The Labute approximate surface area is 112 Å². The lowest BCUT2D eigenvalue weighted by atomic mass is 10.2. The van der Waals surface area contributed by atoms with Crippen molar-refractivity contribution in [3.05, 3.63) is 53.9 Å². The number of hydrogen-bond donors (Lipinski definition) is 1. The quantitative estimate of drug-likeness (QED) is 0.914. The van der Waals surface area contributed by atoms with Crippen LogP contribution in [0.1, 0.15) is 23.0 Å². The van der Waals surface area contributed by atoms with E-state index < -0.39 is 0 Å². The van der Waals surface area contributed by atoms with Gasteiger partial charge in [0.05, 0.1) is 12.3 Å². The molecule has 0 atom stereocenters. The van der Waals surface area contributed by atoms with Crippen molar-refractivity contribution in [2.75, 3.05) is 11.9 Å². The third-order valence-electron chi connectivity index (χ3n) is 2.59. The Hall–Kier alpha value is -2.36. The number of para-hydroxylation sites is 2. The van der Waals surface area contributed by atoms with Gasteiger partial charge in [-0.3, -0.25) is 9.78 Å². The van der Waals surface area contributed by atoms with Crippen molar-refractivity contribution in [3.8, 4) is 5.75 Å². The highest BCUT2D eigenvalue weighted by Crippen LogP contribution is 2.24. The number of aromatic nitrogens is 1. The van der Waals surface area contributed by atoms with Crippen LogP contribution in [-0.4, -0.2) is 17.5 Å². The Morgan fingerprint density at radius 3 is 2.84 bits per heavy atom. The molecule has 0 spiro atoms. The number of nitrogens with one attached hydrogen (secondary N) is 1. The molecule has 19 heavy (non-hydrogen) atoms. The smallest absolute Gasteiger partial charge is 0.255 e. The number of pyridine rings is 1. The number of benzene rings is 1. The van der Waals surface area contributed by atoms with Crippen LogP contribution >= 0.6 is 0 Å². The molecule has 0 bridgehead atoms. The molecule has 0 fully saturated rings. The number of carbonyl (C=O) groups excluding carboxylic acids is 1. The molecule has 1 heterocycles. The van der Waals surface area contributed by atoms with Gasteiger partial charge >= 0.3 is 0 Å². The second kappa shape index (κ2) is 6.00. The molecular formula is C15H16N2O2. The zero-order chi connectivity index (χ0) is 13.7. The minimum atomic E-state index is -0.169. The normalized spacial score (nSPS) is 10.0. The number of hydrogen-bond acceptors (Lipinski definition) is 3. The van der Waals surface area contributed by atoms with Crippen LogP contribution in [0.2, 0.25) is 0 Å². The van der Waals surface area contributed by atoms with Gasteiger partial charge in [0.1, 0.15) is 5.75 Å². The summed E-state index contributed by atoms with van der Waals surface area (Å²) in [6.07, 6.45) is 1.62. The van der Waals surface area contributed by atoms with Gasteiger partial charge in [-0.25, -0.2) is 0 Å². The maximum absolute atomic E-state index is 12.1. The SMILES string of the molecule is CCOc1ccccc1NC(=O)c1ccnc(C)c1. The Kier molecular flexibility index (Phi) is 4.13. The topological polar surface area (TPSA) is 51.2 Å². The van der Waals surface area contributed by atoms with E-state index in [0.29, 0.717) is 23.6 Å². The van der Waals surface area contributed by atoms with Crippen LogP contribution < -0.4 is 10.1 Å². The highest BCUT2D eigenvalue weighted by atomic mass is 16.5. The van der Waals surface area contributed by atoms with Gasteiger partial charge in [-0.15, -0.1) is 0 Å². The molecule has 2 aromatic rings. The fourth-order valence-electron chi connectivity index (χ4n) is 1.73. The third-order valence-corrected chi connectivity index (χ3v) is 2.59. The van der Waals surface area contributed by atoms with Gasteiger partial charge in [0.25, 0.3) is 5.91 Å². The van der Waals surface area contributed by atoms with E-state index in [1.165, 1.54) is 0 Å². The van der Waals surface area contributed by atoms with E-state index in [9.17, 15) is 4.79 Å². The van der Waals surface area contributed by atoms with Gasteiger partial charge in [0, 0.05) is 17.5 Å². The van der Waals surface area contributed by atoms with Crippen molar-refractivity contribution in [3.63, 3.8) is 0 Å². The molecule has 0 aliphatic rings. The van der Waals surface area contributed by atoms with E-state index >= 15 is 0 Å². The molecule has 0 saturated carbocycles. The average molecular weight is 256 g/mol. The molecule has 1 aromatic heterocycles. The molecule has 0 radical (unpaired) electrons. The third kappa shape index (κ3) is 3.31. The molecule has 4 heteroatoms. The van der Waals surface area contributed by atoms with Crippen molar-refractivity contribution in [2.24, 2.45) is 0 Å². The van der Waals surface area contributed by atoms with Crippen molar-refractivity contribution in [2.45, 2.75) is 13.8 Å². The molecule has 1 aromatic carbocycles. The second-order valence-corrected chi connectivity index (χ2v) is 4.07. The van der Waals surface area contributed by atoms with Gasteiger partial charge in [-0.05, 0) is 38.1 Å². The molecule has 1 N–H and O–H groups in total. The van der Waals surface area contributed by atoms with Gasteiger partial charge in [-0.2, -0.15) is 0 Å². The number of amides is 1. The summed E-state index contributed by atoms with van der Waals surface area (Å²) in [5.74, 6) is 0.502. The summed E-state index contributed by atoms with van der Waals surface area (Å²) in [4.78, 5) is 16.2. The van der Waals surface area contributed by atoms with Gasteiger partial charge in [0.2, 0.25) is 0 Å². The number of anilines is 1. The molecule has 4 nitrogen and oxygen atoms in total. The predicted molar refractivity (Wildman–Crippen MR) is 74.5 cm³/mol. The lowest BCUT2D eigenvalue weighted by Crippen LogP contribution is -2.13. The van der Waals surface area contributed by atoms with Crippen LogP contribution in [0, 0.1) is 6.92 Å². The summed E-state index contributed by atoms with van der Waals surface area (Å²) in [6, 6.07) is 10.8. The highest BCUT2D eigenvalue weighted by Gasteiger charge is 2.09. The zero-order valence-corrected chi connectivity index (χ0v) is 11.0. The maximum Gasteiger partial charge on any atom is 0.255 e. The lowest BCUT2D eigenvalue weighted by Gasteiger charge is -2.11. The van der Waals surface area contributed by atoms with Crippen molar-refractivity contribution in [1.82, 2.24) is 4.98 Å². The molecule has 0 aliphatic heterocycles. The van der Waals surface area contributed by atoms with E-state index in [1.54, 1.807) is 18.3 Å². The predicted octanol–water partition coefficient (Wildman–Crippen LogP) is 3.04. The fourth-order valence-corrected chi connectivity index (χ4v) is 1.73. The van der Waals surface area contributed by atoms with Crippen LogP contribution in [0.4, 0.5) is 5.69 Å². The Morgan fingerprint density at radius 1 is 1.32 bits per heavy atom. The molecule has 0 saturated heterocycles. The number of nitrogens with zero attached hydrogens (tertiary/aromatic N) is 1. The van der Waals surface area contributed by atoms with Gasteiger partial charge in [0.15, 0.2) is 0 Å². The minimum absolute atomic E-state index is 0.169. The molecule has 98 valence electrons. The molecular weight excluding hydrogens is 240 g/mol. The lowest BCUT2D eigenvalue weighted by molar-refractivity contribution is 0.102. The van der Waals surface area contributed by atoms with Crippen LogP contribution in [0.5, 0.6) is 5.75 Å². The summed E-state index contributed by atoms with van der Waals surface area (Å²) in [5, 5.41) is 2.85. The van der Waals surface area contributed by atoms with Gasteiger partial charge < -0.3 is 10.1 Å².